The Labute approximate surface area is 75.9 Å². The largest absolute Gasteiger partial charge is 0.330 e. The van der Waals surface area contributed by atoms with Gasteiger partial charge in [0.2, 0.25) is 0 Å². The molecule has 0 amide bonds. The SMILES string of the molecule is C=C(CCN)c1c(F)cccc1F. The topological polar surface area (TPSA) is 26.0 Å². The number of hydrogen-bond donors (Lipinski definition) is 1. The van der Waals surface area contributed by atoms with Gasteiger partial charge in [0.15, 0.2) is 0 Å². The Kier molecular flexibility index (Phi) is 3.14. The van der Waals surface area contributed by atoms with E-state index in [9.17, 15) is 8.78 Å². The van der Waals surface area contributed by atoms with E-state index in [4.69, 9.17) is 5.73 Å². The zero-order chi connectivity index (χ0) is 9.84. The van der Waals surface area contributed by atoms with Crippen LogP contribution in [0.4, 0.5) is 8.78 Å². The van der Waals surface area contributed by atoms with Gasteiger partial charge in [-0.15, -0.1) is 0 Å². The molecule has 70 valence electrons. The molecule has 0 heterocycles. The smallest absolute Gasteiger partial charge is 0.133 e. The van der Waals surface area contributed by atoms with E-state index in [2.05, 4.69) is 6.58 Å². The summed E-state index contributed by atoms with van der Waals surface area (Å²) >= 11 is 0. The molecular formula is C10H11F2N. The van der Waals surface area contributed by atoms with Gasteiger partial charge in [-0.3, -0.25) is 0 Å². The Morgan fingerprint density at radius 2 is 1.85 bits per heavy atom. The van der Waals surface area contributed by atoms with Crippen LogP contribution < -0.4 is 5.73 Å². The van der Waals surface area contributed by atoms with Crippen LogP contribution in [0.2, 0.25) is 0 Å². The summed E-state index contributed by atoms with van der Waals surface area (Å²) in [4.78, 5) is 0. The molecular weight excluding hydrogens is 172 g/mol. The predicted molar refractivity (Wildman–Crippen MR) is 49.1 cm³/mol. The van der Waals surface area contributed by atoms with Gasteiger partial charge in [-0.25, -0.2) is 8.78 Å². The Morgan fingerprint density at radius 3 is 2.31 bits per heavy atom. The molecule has 0 bridgehead atoms. The Hall–Kier alpha value is -1.22. The second kappa shape index (κ2) is 4.14. The quantitative estimate of drug-likeness (QED) is 0.764. The third kappa shape index (κ3) is 2.12. The molecule has 0 radical (unpaired) electrons. The van der Waals surface area contributed by atoms with E-state index in [1.54, 1.807) is 0 Å². The summed E-state index contributed by atoms with van der Waals surface area (Å²) in [5, 5.41) is 0. The molecule has 0 fully saturated rings. The molecule has 13 heavy (non-hydrogen) atoms. The Morgan fingerprint density at radius 1 is 1.31 bits per heavy atom. The molecule has 0 spiro atoms. The lowest BCUT2D eigenvalue weighted by Crippen LogP contribution is -2.02. The van der Waals surface area contributed by atoms with Gasteiger partial charge in [0.25, 0.3) is 0 Å². The highest BCUT2D eigenvalue weighted by Gasteiger charge is 2.10. The van der Waals surface area contributed by atoms with Gasteiger partial charge in [0, 0.05) is 5.56 Å². The number of nitrogens with two attached hydrogens (primary N) is 1. The Bertz CT molecular complexity index is 300. The standard InChI is InChI=1S/C10H11F2N/c1-7(5-6-13)10-8(11)3-2-4-9(10)12/h2-4H,1,5-6,13H2. The van der Waals surface area contributed by atoms with Crippen molar-refractivity contribution in [3.63, 3.8) is 0 Å². The van der Waals surface area contributed by atoms with Crippen molar-refractivity contribution < 1.29 is 8.78 Å². The second-order valence-corrected chi connectivity index (χ2v) is 2.74. The molecule has 0 saturated heterocycles. The van der Waals surface area contributed by atoms with Crippen LogP contribution in [0.1, 0.15) is 12.0 Å². The molecule has 1 rings (SSSR count). The first-order valence-corrected chi connectivity index (χ1v) is 3.99. The number of rotatable bonds is 3. The fourth-order valence-corrected chi connectivity index (χ4v) is 1.13. The van der Waals surface area contributed by atoms with Gasteiger partial charge in [0.1, 0.15) is 11.6 Å². The fourth-order valence-electron chi connectivity index (χ4n) is 1.13. The number of benzene rings is 1. The summed E-state index contributed by atoms with van der Waals surface area (Å²) in [6.07, 6.45) is 0.401. The maximum absolute atomic E-state index is 13.1. The van der Waals surface area contributed by atoms with Crippen molar-refractivity contribution in [2.45, 2.75) is 6.42 Å². The van der Waals surface area contributed by atoms with Crippen molar-refractivity contribution in [3.8, 4) is 0 Å². The third-order valence-corrected chi connectivity index (χ3v) is 1.76. The van der Waals surface area contributed by atoms with E-state index < -0.39 is 11.6 Å². The molecule has 0 aliphatic rings. The molecule has 1 aromatic rings. The van der Waals surface area contributed by atoms with Crippen molar-refractivity contribution in [2.75, 3.05) is 6.54 Å². The van der Waals surface area contributed by atoms with Gasteiger partial charge in [-0.05, 0) is 30.7 Å². The minimum absolute atomic E-state index is 0.0482. The van der Waals surface area contributed by atoms with E-state index in [0.717, 1.165) is 0 Å². The first-order valence-electron chi connectivity index (χ1n) is 3.99. The maximum Gasteiger partial charge on any atom is 0.133 e. The van der Waals surface area contributed by atoms with E-state index in [1.165, 1.54) is 18.2 Å². The van der Waals surface area contributed by atoms with Gasteiger partial charge in [0.05, 0.1) is 0 Å². The van der Waals surface area contributed by atoms with Crippen molar-refractivity contribution in [3.05, 3.63) is 42.0 Å². The van der Waals surface area contributed by atoms with E-state index >= 15 is 0 Å². The minimum atomic E-state index is -0.585. The van der Waals surface area contributed by atoms with Crippen LogP contribution in [-0.2, 0) is 0 Å². The lowest BCUT2D eigenvalue weighted by Gasteiger charge is -2.06. The molecule has 0 aliphatic carbocycles. The Balaban J connectivity index is 3.05. The molecule has 1 aromatic carbocycles. The molecule has 1 nitrogen and oxygen atoms in total. The minimum Gasteiger partial charge on any atom is -0.330 e. The highest BCUT2D eigenvalue weighted by molar-refractivity contribution is 5.64. The zero-order valence-electron chi connectivity index (χ0n) is 7.19. The lowest BCUT2D eigenvalue weighted by atomic mass is 10.0. The third-order valence-electron chi connectivity index (χ3n) is 1.76. The summed E-state index contributed by atoms with van der Waals surface area (Å²) in [6.45, 7) is 3.92. The van der Waals surface area contributed by atoms with Crippen LogP contribution in [0.15, 0.2) is 24.8 Å². The van der Waals surface area contributed by atoms with Crippen LogP contribution in [0, 0.1) is 11.6 Å². The van der Waals surface area contributed by atoms with Crippen LogP contribution in [0.25, 0.3) is 5.57 Å². The fraction of sp³-hybridized carbons (Fsp3) is 0.200. The van der Waals surface area contributed by atoms with Crippen molar-refractivity contribution in [1.29, 1.82) is 0 Å². The molecule has 0 unspecified atom stereocenters. The molecule has 0 atom stereocenters. The van der Waals surface area contributed by atoms with Crippen molar-refractivity contribution >= 4 is 5.57 Å². The highest BCUT2D eigenvalue weighted by atomic mass is 19.1. The van der Waals surface area contributed by atoms with E-state index in [-0.39, 0.29) is 5.56 Å². The summed E-state index contributed by atoms with van der Waals surface area (Å²) < 4.78 is 26.2. The zero-order valence-corrected chi connectivity index (χ0v) is 7.19. The van der Waals surface area contributed by atoms with Crippen LogP contribution in [0.3, 0.4) is 0 Å². The first-order chi connectivity index (χ1) is 6.16. The molecule has 0 saturated carbocycles. The normalized spacial score (nSPS) is 10.1. The summed E-state index contributed by atoms with van der Waals surface area (Å²) in [5.41, 5.74) is 5.61. The molecule has 2 N–H and O–H groups in total. The van der Waals surface area contributed by atoms with Crippen LogP contribution >= 0.6 is 0 Å². The van der Waals surface area contributed by atoms with Crippen LogP contribution in [-0.4, -0.2) is 6.54 Å². The summed E-state index contributed by atoms with van der Waals surface area (Å²) in [5.74, 6) is -1.17. The second-order valence-electron chi connectivity index (χ2n) is 2.74. The van der Waals surface area contributed by atoms with E-state index in [0.29, 0.717) is 18.5 Å². The molecule has 0 aliphatic heterocycles. The molecule has 0 aromatic heterocycles. The predicted octanol–water partition coefficient (Wildman–Crippen LogP) is 2.33. The van der Waals surface area contributed by atoms with Gasteiger partial charge in [-0.2, -0.15) is 0 Å². The van der Waals surface area contributed by atoms with Gasteiger partial charge in [-0.1, -0.05) is 12.6 Å². The van der Waals surface area contributed by atoms with Crippen molar-refractivity contribution in [2.24, 2.45) is 5.73 Å². The van der Waals surface area contributed by atoms with Gasteiger partial charge >= 0.3 is 0 Å². The number of hydrogen-bond acceptors (Lipinski definition) is 1. The molecule has 3 heteroatoms. The number of halogens is 2. The summed E-state index contributed by atoms with van der Waals surface area (Å²) in [6, 6.07) is 3.74. The maximum atomic E-state index is 13.1. The first kappa shape index (κ1) is 9.86. The van der Waals surface area contributed by atoms with E-state index in [1.807, 2.05) is 0 Å². The van der Waals surface area contributed by atoms with Gasteiger partial charge < -0.3 is 5.73 Å². The lowest BCUT2D eigenvalue weighted by molar-refractivity contribution is 0.576. The van der Waals surface area contributed by atoms with Crippen LogP contribution in [0.5, 0.6) is 0 Å². The summed E-state index contributed by atoms with van der Waals surface area (Å²) in [7, 11) is 0. The highest BCUT2D eigenvalue weighted by Crippen LogP contribution is 2.21. The monoisotopic (exact) mass is 183 g/mol. The average Bonchev–Trinajstić information content (AvgIpc) is 2.04. The van der Waals surface area contributed by atoms with Crippen molar-refractivity contribution in [1.82, 2.24) is 0 Å². The average molecular weight is 183 g/mol.